The van der Waals surface area contributed by atoms with Crippen LogP contribution in [-0.4, -0.2) is 42.0 Å². The number of methoxy groups -OCH3 is 1. The quantitative estimate of drug-likeness (QED) is 0.779. The molecule has 134 valence electrons. The minimum absolute atomic E-state index is 0.184. The maximum Gasteiger partial charge on any atom is 0.227 e. The third-order valence-electron chi connectivity index (χ3n) is 4.55. The zero-order valence-corrected chi connectivity index (χ0v) is 16.1. The molecule has 25 heavy (non-hydrogen) atoms. The molecular weight excluding hydrogens is 354 g/mol. The minimum atomic E-state index is 0.184. The first-order valence-corrected chi connectivity index (χ1v) is 9.65. The number of likely N-dealkylation sites (tertiary alicyclic amines) is 1. The summed E-state index contributed by atoms with van der Waals surface area (Å²) in [6.07, 6.45) is 2.31. The van der Waals surface area contributed by atoms with Crippen molar-refractivity contribution in [3.63, 3.8) is 0 Å². The lowest BCUT2D eigenvalue weighted by molar-refractivity contribution is -0.131. The summed E-state index contributed by atoms with van der Waals surface area (Å²) in [7, 11) is 1.68. The Bertz CT molecular complexity index is 792. The number of amides is 1. The monoisotopic (exact) mass is 377 g/mol. The second-order valence-electron chi connectivity index (χ2n) is 6.24. The summed E-state index contributed by atoms with van der Waals surface area (Å²) in [5.74, 6) is 1.04. The average molecular weight is 378 g/mol. The number of para-hydroxylation sites is 2. The SMILES string of the molecule is COc1ccccc1NC1CCN(C(=O)Cc2sc(=S)[nH]c2C)CC1. The zero-order chi connectivity index (χ0) is 17.8. The number of carbonyl (C=O) groups is 1. The fourth-order valence-electron chi connectivity index (χ4n) is 3.11. The summed E-state index contributed by atoms with van der Waals surface area (Å²) in [5, 5.41) is 3.54. The summed E-state index contributed by atoms with van der Waals surface area (Å²) in [6.45, 7) is 3.53. The Balaban J connectivity index is 1.54. The van der Waals surface area contributed by atoms with Crippen molar-refractivity contribution >= 4 is 35.1 Å². The number of H-pyrrole nitrogens is 1. The molecule has 1 aromatic heterocycles. The van der Waals surface area contributed by atoms with E-state index >= 15 is 0 Å². The van der Waals surface area contributed by atoms with Crippen LogP contribution in [0.4, 0.5) is 5.69 Å². The highest BCUT2D eigenvalue weighted by atomic mass is 32.1. The number of aromatic nitrogens is 1. The maximum absolute atomic E-state index is 12.5. The van der Waals surface area contributed by atoms with Crippen molar-refractivity contribution in [2.24, 2.45) is 0 Å². The zero-order valence-electron chi connectivity index (χ0n) is 14.5. The van der Waals surface area contributed by atoms with Crippen LogP contribution in [0.2, 0.25) is 0 Å². The molecule has 1 saturated heterocycles. The van der Waals surface area contributed by atoms with E-state index in [-0.39, 0.29) is 5.91 Å². The van der Waals surface area contributed by atoms with Gasteiger partial charge in [0.25, 0.3) is 0 Å². The molecule has 1 fully saturated rings. The van der Waals surface area contributed by atoms with E-state index in [1.54, 1.807) is 7.11 Å². The number of carbonyl (C=O) groups excluding carboxylic acids is 1. The van der Waals surface area contributed by atoms with Crippen LogP contribution >= 0.6 is 23.6 Å². The smallest absolute Gasteiger partial charge is 0.227 e. The standard InChI is InChI=1S/C18H23N3O2S2/c1-12-16(25-18(24)19-12)11-17(22)21-9-7-13(8-10-21)20-14-5-3-4-6-15(14)23-2/h3-6,13,20H,7-11H2,1-2H3,(H,19,24). The number of aryl methyl sites for hydroxylation is 1. The summed E-state index contributed by atoms with van der Waals surface area (Å²) in [4.78, 5) is 18.6. The fraction of sp³-hybridized carbons (Fsp3) is 0.444. The van der Waals surface area contributed by atoms with Crippen molar-refractivity contribution in [3.8, 4) is 5.75 Å². The number of benzene rings is 1. The Morgan fingerprint density at radius 1 is 1.40 bits per heavy atom. The number of hydrogen-bond donors (Lipinski definition) is 2. The van der Waals surface area contributed by atoms with Gasteiger partial charge in [-0.3, -0.25) is 4.79 Å². The topological polar surface area (TPSA) is 57.4 Å². The Hall–Kier alpha value is -1.86. The first kappa shape index (κ1) is 17.9. The predicted molar refractivity (Wildman–Crippen MR) is 104 cm³/mol. The van der Waals surface area contributed by atoms with Crippen LogP contribution in [0, 0.1) is 10.9 Å². The number of anilines is 1. The Labute approximate surface area is 157 Å². The summed E-state index contributed by atoms with van der Waals surface area (Å²) in [6, 6.07) is 8.30. The lowest BCUT2D eigenvalue weighted by atomic mass is 10.0. The van der Waals surface area contributed by atoms with E-state index in [9.17, 15) is 4.79 Å². The van der Waals surface area contributed by atoms with Crippen LogP contribution in [0.5, 0.6) is 5.75 Å². The number of ether oxygens (including phenoxy) is 1. The summed E-state index contributed by atoms with van der Waals surface area (Å²) in [5.41, 5.74) is 2.02. The van der Waals surface area contributed by atoms with E-state index < -0.39 is 0 Å². The van der Waals surface area contributed by atoms with Gasteiger partial charge in [0.15, 0.2) is 3.95 Å². The van der Waals surface area contributed by atoms with Crippen molar-refractivity contribution in [1.29, 1.82) is 0 Å². The molecule has 2 N–H and O–H groups in total. The highest BCUT2D eigenvalue weighted by molar-refractivity contribution is 7.73. The van der Waals surface area contributed by atoms with E-state index in [0.717, 1.165) is 51.9 Å². The largest absolute Gasteiger partial charge is 0.495 e. The van der Waals surface area contributed by atoms with Crippen molar-refractivity contribution in [1.82, 2.24) is 9.88 Å². The van der Waals surface area contributed by atoms with Crippen molar-refractivity contribution < 1.29 is 9.53 Å². The predicted octanol–water partition coefficient (Wildman–Crippen LogP) is 3.77. The van der Waals surface area contributed by atoms with E-state index in [1.165, 1.54) is 11.3 Å². The molecule has 0 radical (unpaired) electrons. The number of piperidine rings is 1. The Morgan fingerprint density at radius 3 is 2.76 bits per heavy atom. The summed E-state index contributed by atoms with van der Waals surface area (Å²) >= 11 is 6.65. The molecule has 1 aromatic carbocycles. The Morgan fingerprint density at radius 2 is 2.12 bits per heavy atom. The first-order chi connectivity index (χ1) is 12.1. The molecule has 0 unspecified atom stereocenters. The fourth-order valence-corrected chi connectivity index (χ4v) is 4.39. The van der Waals surface area contributed by atoms with Crippen LogP contribution < -0.4 is 10.1 Å². The second-order valence-corrected chi connectivity index (χ2v) is 8.01. The molecule has 5 nitrogen and oxygen atoms in total. The van der Waals surface area contributed by atoms with Gasteiger partial charge in [0.2, 0.25) is 5.91 Å². The number of nitrogens with one attached hydrogen (secondary N) is 2. The lowest BCUT2D eigenvalue weighted by Gasteiger charge is -2.33. The molecule has 1 aliphatic rings. The van der Waals surface area contributed by atoms with Crippen molar-refractivity contribution in [2.45, 2.75) is 32.2 Å². The Kier molecular flexibility index (Phi) is 5.75. The highest BCUT2D eigenvalue weighted by Gasteiger charge is 2.24. The summed E-state index contributed by atoms with van der Waals surface area (Å²) < 4.78 is 6.12. The molecular formula is C18H23N3O2S2. The second kappa shape index (κ2) is 8.01. The van der Waals surface area contributed by atoms with Gasteiger partial charge < -0.3 is 19.9 Å². The van der Waals surface area contributed by atoms with Crippen molar-refractivity contribution in [2.75, 3.05) is 25.5 Å². The van der Waals surface area contributed by atoms with Gasteiger partial charge in [-0.15, -0.1) is 11.3 Å². The molecule has 0 atom stereocenters. The third-order valence-corrected chi connectivity index (χ3v) is 5.89. The molecule has 2 aromatic rings. The molecule has 0 spiro atoms. The molecule has 2 heterocycles. The molecule has 1 amide bonds. The van der Waals surface area contributed by atoms with Crippen LogP contribution in [0.3, 0.4) is 0 Å². The van der Waals surface area contributed by atoms with Crippen molar-refractivity contribution in [3.05, 3.63) is 38.8 Å². The van der Waals surface area contributed by atoms with Gasteiger partial charge in [0.1, 0.15) is 5.75 Å². The van der Waals surface area contributed by atoms with Gasteiger partial charge in [0.05, 0.1) is 19.2 Å². The van der Waals surface area contributed by atoms with Crippen LogP contribution in [0.1, 0.15) is 23.4 Å². The van der Waals surface area contributed by atoms with E-state index in [2.05, 4.69) is 10.3 Å². The maximum atomic E-state index is 12.5. The van der Waals surface area contributed by atoms with Gasteiger partial charge >= 0.3 is 0 Å². The van der Waals surface area contributed by atoms with Gasteiger partial charge in [-0.25, -0.2) is 0 Å². The van der Waals surface area contributed by atoms with Gasteiger partial charge in [-0.2, -0.15) is 0 Å². The molecule has 7 heteroatoms. The number of nitrogens with zero attached hydrogens (tertiary/aromatic N) is 1. The first-order valence-electron chi connectivity index (χ1n) is 8.42. The van der Waals surface area contributed by atoms with Crippen LogP contribution in [0.15, 0.2) is 24.3 Å². The molecule has 0 bridgehead atoms. The lowest BCUT2D eigenvalue weighted by Crippen LogP contribution is -2.43. The normalized spacial score (nSPS) is 15.2. The number of thiazole rings is 1. The van der Waals surface area contributed by atoms with Gasteiger partial charge in [-0.05, 0) is 44.1 Å². The molecule has 0 saturated carbocycles. The van der Waals surface area contributed by atoms with Gasteiger partial charge in [0, 0.05) is 29.7 Å². The molecule has 3 rings (SSSR count). The van der Waals surface area contributed by atoms with Crippen LogP contribution in [0.25, 0.3) is 0 Å². The van der Waals surface area contributed by atoms with Gasteiger partial charge in [-0.1, -0.05) is 12.1 Å². The van der Waals surface area contributed by atoms with Crippen LogP contribution in [-0.2, 0) is 11.2 Å². The van der Waals surface area contributed by atoms with E-state index in [0.29, 0.717) is 12.5 Å². The average Bonchev–Trinajstić information content (AvgIpc) is 2.93. The number of hydrogen-bond acceptors (Lipinski definition) is 5. The highest BCUT2D eigenvalue weighted by Crippen LogP contribution is 2.26. The third kappa shape index (κ3) is 4.41. The molecule has 1 aliphatic heterocycles. The van der Waals surface area contributed by atoms with E-state index in [4.69, 9.17) is 17.0 Å². The number of rotatable bonds is 5. The minimum Gasteiger partial charge on any atom is -0.495 e. The van der Waals surface area contributed by atoms with E-state index in [1.807, 2.05) is 36.1 Å². The molecule has 0 aliphatic carbocycles. The number of aromatic amines is 1.